The number of nitrogens with two attached hydrogens (primary N) is 1. The van der Waals surface area contributed by atoms with Crippen LogP contribution in [0.4, 0.5) is 4.39 Å². The van der Waals surface area contributed by atoms with E-state index < -0.39 is 0 Å². The van der Waals surface area contributed by atoms with Crippen molar-refractivity contribution in [1.29, 1.82) is 0 Å². The molecule has 1 aromatic rings. The fraction of sp³-hybridized carbons (Fsp3) is 0.571. The van der Waals surface area contributed by atoms with Gasteiger partial charge in [0.2, 0.25) is 0 Å². The van der Waals surface area contributed by atoms with Gasteiger partial charge in [-0.05, 0) is 48.9 Å². The summed E-state index contributed by atoms with van der Waals surface area (Å²) in [4.78, 5) is 0. The van der Waals surface area contributed by atoms with Crippen molar-refractivity contribution in [2.45, 2.75) is 32.7 Å². The SMILES string of the molecule is COCC(C)CC(Cc1cc(F)ccc1C)NN. The molecule has 18 heavy (non-hydrogen) atoms. The Morgan fingerprint density at radius 3 is 2.78 bits per heavy atom. The molecule has 2 atom stereocenters. The average molecular weight is 254 g/mol. The lowest BCUT2D eigenvalue weighted by atomic mass is 9.95. The van der Waals surface area contributed by atoms with Crippen LogP contribution in [0, 0.1) is 18.7 Å². The van der Waals surface area contributed by atoms with E-state index in [4.69, 9.17) is 10.6 Å². The van der Waals surface area contributed by atoms with Crippen LogP contribution in [0.3, 0.4) is 0 Å². The summed E-state index contributed by atoms with van der Waals surface area (Å²) in [6, 6.07) is 5.00. The molecular formula is C14H23FN2O. The van der Waals surface area contributed by atoms with E-state index >= 15 is 0 Å². The Bertz CT molecular complexity index is 371. The molecule has 1 rings (SSSR count). The van der Waals surface area contributed by atoms with Crippen LogP contribution >= 0.6 is 0 Å². The van der Waals surface area contributed by atoms with Crippen molar-refractivity contribution >= 4 is 0 Å². The van der Waals surface area contributed by atoms with Crippen molar-refractivity contribution in [3.63, 3.8) is 0 Å². The molecule has 0 bridgehead atoms. The zero-order valence-electron chi connectivity index (χ0n) is 11.4. The van der Waals surface area contributed by atoms with Gasteiger partial charge in [0.25, 0.3) is 0 Å². The summed E-state index contributed by atoms with van der Waals surface area (Å²) < 4.78 is 18.3. The van der Waals surface area contributed by atoms with Gasteiger partial charge in [0, 0.05) is 19.8 Å². The summed E-state index contributed by atoms with van der Waals surface area (Å²) in [5.41, 5.74) is 4.90. The van der Waals surface area contributed by atoms with Gasteiger partial charge in [0.15, 0.2) is 0 Å². The van der Waals surface area contributed by atoms with Crippen LogP contribution < -0.4 is 11.3 Å². The zero-order valence-corrected chi connectivity index (χ0v) is 11.4. The Kier molecular flexibility index (Phi) is 6.25. The van der Waals surface area contributed by atoms with E-state index in [2.05, 4.69) is 12.3 Å². The van der Waals surface area contributed by atoms with Gasteiger partial charge in [0.05, 0.1) is 0 Å². The van der Waals surface area contributed by atoms with E-state index in [9.17, 15) is 4.39 Å². The first-order valence-corrected chi connectivity index (χ1v) is 6.27. The van der Waals surface area contributed by atoms with E-state index in [1.54, 1.807) is 19.2 Å². The summed E-state index contributed by atoms with van der Waals surface area (Å²) >= 11 is 0. The Hall–Kier alpha value is -0.970. The molecule has 0 amide bonds. The predicted molar refractivity (Wildman–Crippen MR) is 71.6 cm³/mol. The van der Waals surface area contributed by atoms with Crippen LogP contribution in [0.2, 0.25) is 0 Å². The third-order valence-electron chi connectivity index (χ3n) is 3.15. The topological polar surface area (TPSA) is 47.3 Å². The lowest BCUT2D eigenvalue weighted by molar-refractivity contribution is 0.149. The maximum atomic E-state index is 13.2. The van der Waals surface area contributed by atoms with Crippen LogP contribution in [-0.4, -0.2) is 19.8 Å². The number of hydrogen-bond acceptors (Lipinski definition) is 3. The summed E-state index contributed by atoms with van der Waals surface area (Å²) in [7, 11) is 1.69. The number of hydrazine groups is 1. The largest absolute Gasteiger partial charge is 0.384 e. The fourth-order valence-electron chi connectivity index (χ4n) is 2.17. The number of benzene rings is 1. The average Bonchev–Trinajstić information content (AvgIpc) is 2.33. The van der Waals surface area contributed by atoms with E-state index in [1.807, 2.05) is 6.92 Å². The Labute approximate surface area is 108 Å². The second-order valence-corrected chi connectivity index (χ2v) is 4.93. The monoisotopic (exact) mass is 254 g/mol. The molecule has 2 unspecified atom stereocenters. The number of methoxy groups -OCH3 is 1. The highest BCUT2D eigenvalue weighted by molar-refractivity contribution is 5.27. The second kappa shape index (κ2) is 7.46. The first-order valence-electron chi connectivity index (χ1n) is 6.27. The highest BCUT2D eigenvalue weighted by Crippen LogP contribution is 2.16. The van der Waals surface area contributed by atoms with E-state index in [0.29, 0.717) is 12.5 Å². The molecular weight excluding hydrogens is 231 g/mol. The molecule has 102 valence electrons. The van der Waals surface area contributed by atoms with Crippen LogP contribution in [0.25, 0.3) is 0 Å². The van der Waals surface area contributed by atoms with Crippen LogP contribution in [0.15, 0.2) is 18.2 Å². The first-order chi connectivity index (χ1) is 8.56. The van der Waals surface area contributed by atoms with Crippen LogP contribution in [0.5, 0.6) is 0 Å². The van der Waals surface area contributed by atoms with Gasteiger partial charge in [-0.2, -0.15) is 0 Å². The Morgan fingerprint density at radius 1 is 1.44 bits per heavy atom. The first kappa shape index (κ1) is 15.1. The van der Waals surface area contributed by atoms with Crippen molar-refractivity contribution < 1.29 is 9.13 Å². The highest BCUT2D eigenvalue weighted by Gasteiger charge is 2.14. The predicted octanol–water partition coefficient (Wildman–Crippen LogP) is 2.18. The molecule has 1 aromatic carbocycles. The van der Waals surface area contributed by atoms with E-state index in [0.717, 1.165) is 24.0 Å². The normalized spacial score (nSPS) is 14.5. The maximum Gasteiger partial charge on any atom is 0.123 e. The number of nitrogens with one attached hydrogen (secondary N) is 1. The number of ether oxygens (including phenoxy) is 1. The summed E-state index contributed by atoms with van der Waals surface area (Å²) in [5, 5.41) is 0. The van der Waals surface area contributed by atoms with E-state index in [1.165, 1.54) is 6.07 Å². The molecule has 0 saturated carbocycles. The zero-order chi connectivity index (χ0) is 13.5. The smallest absolute Gasteiger partial charge is 0.123 e. The molecule has 0 fully saturated rings. The molecule has 0 aliphatic rings. The number of rotatable bonds is 7. The highest BCUT2D eigenvalue weighted by atomic mass is 19.1. The Balaban J connectivity index is 2.64. The molecule has 0 aromatic heterocycles. The van der Waals surface area contributed by atoms with Gasteiger partial charge in [-0.25, -0.2) is 4.39 Å². The van der Waals surface area contributed by atoms with E-state index in [-0.39, 0.29) is 11.9 Å². The molecule has 0 spiro atoms. The molecule has 3 nitrogen and oxygen atoms in total. The lowest BCUT2D eigenvalue weighted by Gasteiger charge is -2.20. The number of hydrogen-bond donors (Lipinski definition) is 2. The van der Waals surface area contributed by atoms with Gasteiger partial charge in [0.1, 0.15) is 5.82 Å². The molecule has 4 heteroatoms. The number of halogens is 1. The van der Waals surface area contributed by atoms with Crippen molar-refractivity contribution in [2.75, 3.05) is 13.7 Å². The third-order valence-corrected chi connectivity index (χ3v) is 3.15. The van der Waals surface area contributed by atoms with Crippen molar-refractivity contribution in [1.82, 2.24) is 5.43 Å². The third kappa shape index (κ3) is 4.72. The maximum absolute atomic E-state index is 13.2. The van der Waals surface area contributed by atoms with Crippen LogP contribution in [-0.2, 0) is 11.2 Å². The van der Waals surface area contributed by atoms with Crippen molar-refractivity contribution in [3.05, 3.63) is 35.1 Å². The fourth-order valence-corrected chi connectivity index (χ4v) is 2.17. The van der Waals surface area contributed by atoms with Gasteiger partial charge in [-0.1, -0.05) is 13.0 Å². The molecule has 0 heterocycles. The standard InChI is InChI=1S/C14H23FN2O/c1-10(9-18-3)6-14(17-16)8-12-7-13(15)5-4-11(12)2/h4-5,7,10,14,17H,6,8-9,16H2,1-3H3. The van der Waals surface area contributed by atoms with Crippen LogP contribution in [0.1, 0.15) is 24.5 Å². The molecule has 0 saturated heterocycles. The minimum Gasteiger partial charge on any atom is -0.384 e. The number of aryl methyl sites for hydroxylation is 1. The summed E-state index contributed by atoms with van der Waals surface area (Å²) in [5.74, 6) is 5.79. The minimum atomic E-state index is -0.198. The van der Waals surface area contributed by atoms with Crippen molar-refractivity contribution in [3.8, 4) is 0 Å². The minimum absolute atomic E-state index is 0.135. The van der Waals surface area contributed by atoms with Gasteiger partial charge in [-0.15, -0.1) is 0 Å². The second-order valence-electron chi connectivity index (χ2n) is 4.93. The molecule has 0 aliphatic heterocycles. The van der Waals surface area contributed by atoms with Gasteiger partial charge >= 0.3 is 0 Å². The quantitative estimate of drug-likeness (QED) is 0.579. The summed E-state index contributed by atoms with van der Waals surface area (Å²) in [6.45, 7) is 4.81. The molecule has 3 N–H and O–H groups in total. The van der Waals surface area contributed by atoms with Gasteiger partial charge in [-0.3, -0.25) is 11.3 Å². The van der Waals surface area contributed by atoms with Gasteiger partial charge < -0.3 is 4.74 Å². The van der Waals surface area contributed by atoms with Crippen molar-refractivity contribution in [2.24, 2.45) is 11.8 Å². The lowest BCUT2D eigenvalue weighted by Crippen LogP contribution is -2.38. The summed E-state index contributed by atoms with van der Waals surface area (Å²) in [6.07, 6.45) is 1.63. The molecule has 0 radical (unpaired) electrons. The Morgan fingerprint density at radius 2 is 2.17 bits per heavy atom. The molecule has 0 aliphatic carbocycles.